The van der Waals surface area contributed by atoms with Crippen molar-refractivity contribution >= 4 is 23.7 Å². The van der Waals surface area contributed by atoms with E-state index in [0.717, 1.165) is 30.1 Å². The van der Waals surface area contributed by atoms with Gasteiger partial charge in [0.2, 0.25) is 0 Å². The van der Waals surface area contributed by atoms with Gasteiger partial charge in [0.05, 0.1) is 0 Å². The van der Waals surface area contributed by atoms with Gasteiger partial charge in [-0.3, -0.25) is 4.79 Å². The van der Waals surface area contributed by atoms with E-state index in [4.69, 9.17) is 16.5 Å². The number of hydrogen-bond acceptors (Lipinski definition) is 3. The highest BCUT2D eigenvalue weighted by Gasteiger charge is 2.36. The highest BCUT2D eigenvalue weighted by Crippen LogP contribution is 2.18. The molecule has 1 fully saturated rings. The van der Waals surface area contributed by atoms with Crippen molar-refractivity contribution in [2.24, 2.45) is 0 Å². The van der Waals surface area contributed by atoms with Gasteiger partial charge in [-0.2, -0.15) is 0 Å². The summed E-state index contributed by atoms with van der Waals surface area (Å²) in [6.07, 6.45) is 3.71. The summed E-state index contributed by atoms with van der Waals surface area (Å²) in [6.45, 7) is 0.0746. The lowest BCUT2D eigenvalue weighted by Gasteiger charge is -2.11. The van der Waals surface area contributed by atoms with Crippen molar-refractivity contribution < 1.29 is 14.3 Å². The van der Waals surface area contributed by atoms with Crippen LogP contribution in [-0.2, 0) is 16.0 Å². The average molecular weight is 296 g/mol. The zero-order valence-electron chi connectivity index (χ0n) is 11.3. The zero-order valence-corrected chi connectivity index (χ0v) is 12.0. The Morgan fingerprint density at radius 2 is 2.00 bits per heavy atom. The first kappa shape index (κ1) is 14.9. The maximum Gasteiger partial charge on any atom is 0.425 e. The number of nitrogens with zero attached hydrogens (tertiary/aromatic N) is 1. The second-order valence-corrected chi connectivity index (χ2v) is 5.28. The molecule has 0 spiro atoms. The van der Waals surface area contributed by atoms with E-state index in [1.807, 2.05) is 18.2 Å². The molecule has 4 nitrogen and oxygen atoms in total. The number of amides is 1. The van der Waals surface area contributed by atoms with Crippen LogP contribution in [0.4, 0.5) is 4.79 Å². The zero-order chi connectivity index (χ0) is 14.4. The van der Waals surface area contributed by atoms with Gasteiger partial charge in [0.1, 0.15) is 12.6 Å². The molecule has 2 rings (SSSR count). The maximum atomic E-state index is 11.9. The van der Waals surface area contributed by atoms with Crippen LogP contribution in [-0.4, -0.2) is 28.9 Å². The van der Waals surface area contributed by atoms with Crippen LogP contribution in [0.3, 0.4) is 0 Å². The molecular weight excluding hydrogens is 278 g/mol. The molecule has 0 saturated carbocycles. The highest BCUT2D eigenvalue weighted by molar-refractivity contribution is 6.22. The van der Waals surface area contributed by atoms with Crippen molar-refractivity contribution in [1.82, 2.24) is 4.42 Å². The maximum absolute atomic E-state index is 11.9. The smallest absolute Gasteiger partial charge is 0.425 e. The van der Waals surface area contributed by atoms with E-state index in [1.54, 1.807) is 0 Å². The third kappa shape index (κ3) is 3.97. The largest absolute Gasteiger partial charge is 0.446 e. The first-order chi connectivity index (χ1) is 9.68. The fraction of sp³-hybridized carbons (Fsp3) is 0.467. The van der Waals surface area contributed by atoms with Gasteiger partial charge in [-0.15, -0.1) is 0 Å². The van der Waals surface area contributed by atoms with E-state index in [9.17, 15) is 9.59 Å². The van der Waals surface area contributed by atoms with E-state index in [-0.39, 0.29) is 12.4 Å². The lowest BCUT2D eigenvalue weighted by atomic mass is 10.0. The lowest BCUT2D eigenvalue weighted by molar-refractivity contribution is -0.121. The fourth-order valence-corrected chi connectivity index (χ4v) is 2.45. The van der Waals surface area contributed by atoms with Crippen molar-refractivity contribution in [3.63, 3.8) is 0 Å². The monoisotopic (exact) mass is 295 g/mol. The number of carbonyl (C=O) groups excluding carboxylic acids is 2. The number of hydrogen-bond donors (Lipinski definition) is 0. The van der Waals surface area contributed by atoms with E-state index < -0.39 is 12.1 Å². The summed E-state index contributed by atoms with van der Waals surface area (Å²) in [7, 11) is 0. The molecular formula is C15H18ClNO3. The summed E-state index contributed by atoms with van der Waals surface area (Å²) < 4.78 is 5.59. The molecule has 0 aliphatic carbocycles. The Labute approximate surface area is 123 Å². The summed E-state index contributed by atoms with van der Waals surface area (Å²) in [4.78, 5) is 22.9. The van der Waals surface area contributed by atoms with Gasteiger partial charge in [0.25, 0.3) is 0 Å². The summed E-state index contributed by atoms with van der Waals surface area (Å²) >= 11 is 5.68. The number of benzene rings is 1. The van der Waals surface area contributed by atoms with Gasteiger partial charge < -0.3 is 4.74 Å². The number of Topliss-reactive ketones (excluding diaryl/α,β-unsaturated/α-hetero) is 1. The predicted octanol–water partition coefficient (Wildman–Crippen LogP) is 3.33. The predicted molar refractivity (Wildman–Crippen MR) is 76.4 cm³/mol. The van der Waals surface area contributed by atoms with Crippen LogP contribution in [0.1, 0.15) is 31.2 Å². The molecule has 1 aliphatic rings. The molecule has 1 atom stereocenters. The second-order valence-electron chi connectivity index (χ2n) is 4.92. The van der Waals surface area contributed by atoms with Gasteiger partial charge in [0, 0.05) is 18.2 Å². The Morgan fingerprint density at radius 3 is 2.65 bits per heavy atom. The molecule has 108 valence electrons. The molecule has 0 N–H and O–H groups in total. The molecule has 1 aromatic carbocycles. The Bertz CT molecular complexity index is 463. The second kappa shape index (κ2) is 7.29. The molecule has 5 heteroatoms. The minimum absolute atomic E-state index is 0.0226. The number of aryl methyl sites for hydroxylation is 1. The molecule has 1 aliphatic heterocycles. The van der Waals surface area contributed by atoms with Crippen LogP contribution >= 0.6 is 11.8 Å². The van der Waals surface area contributed by atoms with E-state index in [0.29, 0.717) is 6.42 Å². The first-order valence-corrected chi connectivity index (χ1v) is 7.20. The molecule has 1 unspecified atom stereocenters. The molecule has 1 saturated heterocycles. The SMILES string of the molecule is O=C(CCCCCc1ccccc1)C1COC(=O)N1Cl. The third-order valence-corrected chi connectivity index (χ3v) is 3.79. The standard InChI is InChI=1S/C15H18ClNO3/c16-17-13(11-20-15(17)19)14(18)10-6-2-5-9-12-7-3-1-4-8-12/h1,3-4,7-8,13H,2,5-6,9-11H2. The number of cyclic esters (lactones) is 1. The van der Waals surface area contributed by atoms with Gasteiger partial charge in [0.15, 0.2) is 5.78 Å². The van der Waals surface area contributed by atoms with Crippen LogP contribution in [0.25, 0.3) is 0 Å². The van der Waals surface area contributed by atoms with Crippen molar-refractivity contribution in [2.75, 3.05) is 6.61 Å². The number of carbonyl (C=O) groups is 2. The minimum Gasteiger partial charge on any atom is -0.446 e. The van der Waals surface area contributed by atoms with Crippen LogP contribution < -0.4 is 0 Å². The molecule has 1 amide bonds. The Morgan fingerprint density at radius 1 is 1.25 bits per heavy atom. The van der Waals surface area contributed by atoms with Crippen molar-refractivity contribution in [2.45, 2.75) is 38.1 Å². The van der Waals surface area contributed by atoms with Gasteiger partial charge >= 0.3 is 6.09 Å². The minimum atomic E-state index is -0.630. The first-order valence-electron chi connectivity index (χ1n) is 6.87. The number of halogens is 1. The number of rotatable bonds is 7. The van der Waals surface area contributed by atoms with Crippen LogP contribution in [0.15, 0.2) is 30.3 Å². The topological polar surface area (TPSA) is 46.6 Å². The number of ketones is 1. The van der Waals surface area contributed by atoms with Gasteiger partial charge in [-0.1, -0.05) is 36.8 Å². The molecule has 0 radical (unpaired) electrons. The Kier molecular flexibility index (Phi) is 5.41. The summed E-state index contributed by atoms with van der Waals surface area (Å²) in [5.74, 6) is -0.0226. The van der Waals surface area contributed by atoms with Crippen LogP contribution in [0, 0.1) is 0 Å². The van der Waals surface area contributed by atoms with Crippen molar-refractivity contribution in [3.8, 4) is 0 Å². The molecule has 0 bridgehead atoms. The molecule has 1 aromatic rings. The fourth-order valence-electron chi connectivity index (χ4n) is 2.24. The lowest BCUT2D eigenvalue weighted by Crippen LogP contribution is -2.32. The van der Waals surface area contributed by atoms with Crippen LogP contribution in [0.2, 0.25) is 0 Å². The quantitative estimate of drug-likeness (QED) is 0.572. The molecule has 20 heavy (non-hydrogen) atoms. The third-order valence-electron chi connectivity index (χ3n) is 3.42. The normalized spacial score (nSPS) is 18.1. The number of unbranched alkanes of at least 4 members (excludes halogenated alkanes) is 2. The van der Waals surface area contributed by atoms with Gasteiger partial charge in [-0.05, 0) is 24.8 Å². The molecule has 0 aromatic heterocycles. The van der Waals surface area contributed by atoms with E-state index in [2.05, 4.69) is 12.1 Å². The Hall–Kier alpha value is -1.55. The van der Waals surface area contributed by atoms with E-state index >= 15 is 0 Å². The summed E-state index contributed by atoms with van der Waals surface area (Å²) in [5, 5.41) is 0. The molecule has 1 heterocycles. The van der Waals surface area contributed by atoms with Crippen molar-refractivity contribution in [1.29, 1.82) is 0 Å². The van der Waals surface area contributed by atoms with Gasteiger partial charge in [-0.25, -0.2) is 9.21 Å². The Balaban J connectivity index is 1.61. The highest BCUT2D eigenvalue weighted by atomic mass is 35.5. The average Bonchev–Trinajstić information content (AvgIpc) is 2.80. The van der Waals surface area contributed by atoms with Crippen molar-refractivity contribution in [3.05, 3.63) is 35.9 Å². The number of ether oxygens (including phenoxy) is 1. The summed E-state index contributed by atoms with van der Waals surface area (Å²) in [6, 6.07) is 9.68. The van der Waals surface area contributed by atoms with Crippen LogP contribution in [0.5, 0.6) is 0 Å². The summed E-state index contributed by atoms with van der Waals surface area (Å²) in [5.41, 5.74) is 1.32. The van der Waals surface area contributed by atoms with E-state index in [1.165, 1.54) is 5.56 Å².